The van der Waals surface area contributed by atoms with E-state index in [9.17, 15) is 20.0 Å². The summed E-state index contributed by atoms with van der Waals surface area (Å²) < 4.78 is 1.83. The lowest BCUT2D eigenvalue weighted by molar-refractivity contribution is -0.384. The summed E-state index contributed by atoms with van der Waals surface area (Å²) in [4.78, 5) is 28.6. The number of aromatic nitrogens is 2. The summed E-state index contributed by atoms with van der Waals surface area (Å²) >= 11 is 1.21. The lowest BCUT2D eigenvalue weighted by atomic mass is 10.2. The Balaban J connectivity index is 1.65. The molecule has 28 heavy (non-hydrogen) atoms. The number of non-ortho nitro benzene ring substituents is 1. The van der Waals surface area contributed by atoms with E-state index in [2.05, 4.69) is 10.3 Å². The van der Waals surface area contributed by atoms with E-state index in [0.29, 0.717) is 15.5 Å². The predicted molar refractivity (Wildman–Crippen MR) is 106 cm³/mol. The number of aromatic hydroxyl groups is 1. The van der Waals surface area contributed by atoms with Crippen molar-refractivity contribution in [3.63, 3.8) is 0 Å². The Kier molecular flexibility index (Phi) is 4.28. The Labute approximate surface area is 162 Å². The van der Waals surface area contributed by atoms with Crippen LogP contribution in [0.2, 0.25) is 0 Å². The molecule has 4 rings (SSSR count). The van der Waals surface area contributed by atoms with E-state index in [1.54, 1.807) is 6.92 Å². The molecule has 1 amide bonds. The molecule has 0 radical (unpaired) electrons. The smallest absolute Gasteiger partial charge is 0.271 e. The van der Waals surface area contributed by atoms with Gasteiger partial charge in [0, 0.05) is 29.6 Å². The minimum absolute atomic E-state index is 0.0189. The molecule has 2 aromatic heterocycles. The van der Waals surface area contributed by atoms with Crippen LogP contribution < -0.4 is 5.32 Å². The predicted octanol–water partition coefficient (Wildman–Crippen LogP) is 4.24. The van der Waals surface area contributed by atoms with Gasteiger partial charge in [-0.25, -0.2) is 4.98 Å². The number of rotatable bonds is 4. The third kappa shape index (κ3) is 3.08. The van der Waals surface area contributed by atoms with Gasteiger partial charge in [0.05, 0.1) is 16.3 Å². The molecule has 0 saturated heterocycles. The van der Waals surface area contributed by atoms with Crippen molar-refractivity contribution in [3.8, 4) is 17.0 Å². The number of carbonyl (C=O) groups is 1. The van der Waals surface area contributed by atoms with Crippen molar-refractivity contribution in [1.82, 2.24) is 9.38 Å². The number of phenols is 1. The van der Waals surface area contributed by atoms with Gasteiger partial charge >= 0.3 is 0 Å². The van der Waals surface area contributed by atoms with E-state index in [4.69, 9.17) is 0 Å². The molecule has 0 saturated carbocycles. The number of nitro groups is 1. The van der Waals surface area contributed by atoms with Crippen LogP contribution in [0.1, 0.15) is 15.4 Å². The summed E-state index contributed by atoms with van der Waals surface area (Å²) in [5.74, 6) is -0.714. The van der Waals surface area contributed by atoms with E-state index in [0.717, 1.165) is 17.3 Å². The molecular weight excluding hydrogens is 380 g/mol. The van der Waals surface area contributed by atoms with Crippen molar-refractivity contribution in [2.75, 3.05) is 5.32 Å². The van der Waals surface area contributed by atoms with Crippen molar-refractivity contribution < 1.29 is 14.8 Å². The highest BCUT2D eigenvalue weighted by atomic mass is 32.1. The summed E-state index contributed by atoms with van der Waals surface area (Å²) in [6.07, 6.45) is 1.86. The number of thiazole rings is 1. The second kappa shape index (κ2) is 6.78. The molecular formula is C19H14N4O4S. The SMILES string of the molecule is Cc1c(C(=O)Nc2cc([N+](=O)[O-])ccc2O)sc2nc(-c3ccccc3)cn12. The molecule has 2 heterocycles. The van der Waals surface area contributed by atoms with Crippen molar-refractivity contribution >= 4 is 33.6 Å². The number of hydrogen-bond acceptors (Lipinski definition) is 6. The highest BCUT2D eigenvalue weighted by molar-refractivity contribution is 7.19. The van der Waals surface area contributed by atoms with Gasteiger partial charge in [0.2, 0.25) is 0 Å². The van der Waals surface area contributed by atoms with Gasteiger partial charge < -0.3 is 10.4 Å². The van der Waals surface area contributed by atoms with E-state index < -0.39 is 10.8 Å². The highest BCUT2D eigenvalue weighted by Crippen LogP contribution is 2.31. The van der Waals surface area contributed by atoms with Crippen LogP contribution in [-0.2, 0) is 0 Å². The number of phenolic OH excluding ortho intramolecular Hbond substituents is 1. The lowest BCUT2D eigenvalue weighted by Gasteiger charge is -2.06. The van der Waals surface area contributed by atoms with Crippen LogP contribution >= 0.6 is 11.3 Å². The first-order valence-corrected chi connectivity index (χ1v) is 9.08. The number of aryl methyl sites for hydroxylation is 1. The number of benzene rings is 2. The summed E-state index contributed by atoms with van der Waals surface area (Å²) in [6, 6.07) is 13.2. The Morgan fingerprint density at radius 2 is 2.00 bits per heavy atom. The normalized spacial score (nSPS) is 10.9. The molecule has 0 aliphatic carbocycles. The van der Waals surface area contributed by atoms with E-state index >= 15 is 0 Å². The van der Waals surface area contributed by atoms with Crippen LogP contribution in [0.4, 0.5) is 11.4 Å². The summed E-state index contributed by atoms with van der Waals surface area (Å²) in [5, 5.41) is 23.3. The Morgan fingerprint density at radius 3 is 2.68 bits per heavy atom. The van der Waals surface area contributed by atoms with Crippen LogP contribution in [0.3, 0.4) is 0 Å². The maximum Gasteiger partial charge on any atom is 0.271 e. The van der Waals surface area contributed by atoms with Crippen molar-refractivity contribution in [1.29, 1.82) is 0 Å². The summed E-state index contributed by atoms with van der Waals surface area (Å²) in [6.45, 7) is 1.79. The van der Waals surface area contributed by atoms with Gasteiger partial charge in [-0.05, 0) is 13.0 Å². The first kappa shape index (κ1) is 17.7. The zero-order chi connectivity index (χ0) is 19.8. The molecule has 2 N–H and O–H groups in total. The van der Waals surface area contributed by atoms with Gasteiger partial charge in [-0.2, -0.15) is 0 Å². The first-order valence-electron chi connectivity index (χ1n) is 8.26. The molecule has 2 aromatic carbocycles. The van der Waals surface area contributed by atoms with E-state index in [1.165, 1.54) is 23.5 Å². The zero-order valence-corrected chi connectivity index (χ0v) is 15.4. The number of amides is 1. The third-order valence-electron chi connectivity index (χ3n) is 4.27. The van der Waals surface area contributed by atoms with Crippen LogP contribution in [0, 0.1) is 17.0 Å². The topological polar surface area (TPSA) is 110 Å². The molecule has 4 aromatic rings. The lowest BCUT2D eigenvalue weighted by Crippen LogP contribution is -2.12. The Hall–Kier alpha value is -3.72. The van der Waals surface area contributed by atoms with Gasteiger partial charge in [0.1, 0.15) is 10.6 Å². The Bertz CT molecular complexity index is 1210. The average molecular weight is 394 g/mol. The number of nitrogens with one attached hydrogen (secondary N) is 1. The third-order valence-corrected chi connectivity index (χ3v) is 5.43. The van der Waals surface area contributed by atoms with Crippen molar-refractivity contribution in [3.05, 3.63) is 75.4 Å². The number of hydrogen-bond donors (Lipinski definition) is 2. The molecule has 9 heteroatoms. The monoisotopic (exact) mass is 394 g/mol. The quantitative estimate of drug-likeness (QED) is 0.306. The second-order valence-electron chi connectivity index (χ2n) is 6.07. The minimum atomic E-state index is -0.593. The molecule has 0 spiro atoms. The fourth-order valence-corrected chi connectivity index (χ4v) is 3.83. The van der Waals surface area contributed by atoms with E-state index in [1.807, 2.05) is 40.9 Å². The molecule has 0 unspecified atom stereocenters. The molecule has 0 fully saturated rings. The molecule has 0 aliphatic rings. The van der Waals surface area contributed by atoms with Crippen molar-refractivity contribution in [2.24, 2.45) is 0 Å². The van der Waals surface area contributed by atoms with Gasteiger partial charge in [-0.1, -0.05) is 41.7 Å². The first-order chi connectivity index (χ1) is 13.4. The van der Waals surface area contributed by atoms with E-state index in [-0.39, 0.29) is 17.1 Å². The van der Waals surface area contributed by atoms with Gasteiger partial charge in [-0.3, -0.25) is 19.3 Å². The number of nitro benzene ring substituents is 1. The minimum Gasteiger partial charge on any atom is -0.506 e. The van der Waals surface area contributed by atoms with Gasteiger partial charge in [-0.15, -0.1) is 0 Å². The van der Waals surface area contributed by atoms with Crippen LogP contribution in [0.25, 0.3) is 16.2 Å². The molecule has 8 nitrogen and oxygen atoms in total. The molecule has 0 bridgehead atoms. The number of carbonyl (C=O) groups excluding carboxylic acids is 1. The number of nitrogens with zero attached hydrogens (tertiary/aromatic N) is 3. The largest absolute Gasteiger partial charge is 0.506 e. The van der Waals surface area contributed by atoms with Crippen LogP contribution in [-0.4, -0.2) is 25.3 Å². The Morgan fingerprint density at radius 1 is 1.25 bits per heavy atom. The second-order valence-corrected chi connectivity index (χ2v) is 7.05. The van der Waals surface area contributed by atoms with Crippen LogP contribution in [0.5, 0.6) is 5.75 Å². The summed E-state index contributed by atoms with van der Waals surface area (Å²) in [5.41, 5.74) is 2.23. The zero-order valence-electron chi connectivity index (χ0n) is 14.6. The maximum absolute atomic E-state index is 12.7. The molecule has 0 aliphatic heterocycles. The number of fused-ring (bicyclic) bond motifs is 1. The standard InChI is InChI=1S/C19H14N4O4S/c1-11-17(18(25)20-14-9-13(23(26)27)7-8-16(14)24)28-19-21-15(10-22(11)19)12-5-3-2-4-6-12/h2-10,24H,1H3,(H,20,25). The number of anilines is 1. The van der Waals surface area contributed by atoms with Gasteiger partial charge in [0.15, 0.2) is 4.96 Å². The molecule has 0 atom stereocenters. The average Bonchev–Trinajstić information content (AvgIpc) is 3.24. The van der Waals surface area contributed by atoms with Gasteiger partial charge in [0.25, 0.3) is 11.6 Å². The van der Waals surface area contributed by atoms with Crippen molar-refractivity contribution in [2.45, 2.75) is 6.92 Å². The van der Waals surface area contributed by atoms with Crippen LogP contribution in [0.15, 0.2) is 54.7 Å². The fourth-order valence-electron chi connectivity index (χ4n) is 2.83. The maximum atomic E-state index is 12.7. The highest BCUT2D eigenvalue weighted by Gasteiger charge is 2.20. The molecule has 140 valence electrons. The number of imidazole rings is 1. The fraction of sp³-hybridized carbons (Fsp3) is 0.0526. The summed E-state index contributed by atoms with van der Waals surface area (Å²) in [7, 11) is 0.